The second kappa shape index (κ2) is 7.41. The first-order valence-electron chi connectivity index (χ1n) is 10.1. The normalized spacial score (nSPS) is 14.6. The zero-order chi connectivity index (χ0) is 19.8. The van der Waals surface area contributed by atoms with Gasteiger partial charge in [-0.1, -0.05) is 42.5 Å². The average Bonchev–Trinajstić information content (AvgIpc) is 3.09. The van der Waals surface area contributed by atoms with Gasteiger partial charge in [0.25, 0.3) is 0 Å². The Bertz CT molecular complexity index is 1170. The van der Waals surface area contributed by atoms with Gasteiger partial charge in [-0.15, -0.1) is 0 Å². The fraction of sp³-hybridized carbons (Fsp3) is 0.292. The summed E-state index contributed by atoms with van der Waals surface area (Å²) in [6, 6.07) is 19.4. The van der Waals surface area contributed by atoms with Crippen LogP contribution in [-0.4, -0.2) is 43.0 Å². The van der Waals surface area contributed by atoms with Crippen LogP contribution in [0.5, 0.6) is 5.75 Å². The van der Waals surface area contributed by atoms with Crippen LogP contribution < -0.4 is 9.64 Å². The highest BCUT2D eigenvalue weighted by atomic mass is 16.5. The number of aryl methyl sites for hydroxylation is 1. The van der Waals surface area contributed by atoms with Gasteiger partial charge in [-0.25, -0.2) is 4.98 Å². The fourth-order valence-electron chi connectivity index (χ4n) is 4.25. The molecule has 0 N–H and O–H groups in total. The van der Waals surface area contributed by atoms with Gasteiger partial charge in [-0.2, -0.15) is 0 Å². The molecule has 4 aromatic rings. The van der Waals surface area contributed by atoms with Gasteiger partial charge in [0.2, 0.25) is 0 Å². The van der Waals surface area contributed by atoms with Gasteiger partial charge in [0, 0.05) is 31.4 Å². The highest BCUT2D eigenvalue weighted by molar-refractivity contribution is 5.88. The Kier molecular flexibility index (Phi) is 4.60. The lowest BCUT2D eigenvalue weighted by Gasteiger charge is -2.29. The first-order valence-corrected chi connectivity index (χ1v) is 10.1. The molecule has 148 valence electrons. The number of imidazole rings is 1. The first-order chi connectivity index (χ1) is 14.2. The summed E-state index contributed by atoms with van der Waals surface area (Å²) in [5.74, 6) is 1.81. The van der Waals surface area contributed by atoms with E-state index in [1.54, 1.807) is 7.11 Å². The number of morpholine rings is 1. The second-order valence-electron chi connectivity index (χ2n) is 7.50. The Morgan fingerprint density at radius 3 is 2.66 bits per heavy atom. The quantitative estimate of drug-likeness (QED) is 0.521. The zero-order valence-corrected chi connectivity index (χ0v) is 16.9. The van der Waals surface area contributed by atoms with Gasteiger partial charge in [0.15, 0.2) is 0 Å². The monoisotopic (exact) mass is 387 g/mol. The largest absolute Gasteiger partial charge is 0.494 e. The van der Waals surface area contributed by atoms with Gasteiger partial charge in [-0.3, -0.25) is 0 Å². The van der Waals surface area contributed by atoms with Crippen LogP contribution in [0.4, 0.5) is 5.69 Å². The maximum atomic E-state index is 5.71. The molecule has 0 radical (unpaired) electrons. The van der Waals surface area contributed by atoms with Crippen LogP contribution in [0.1, 0.15) is 11.4 Å². The average molecular weight is 387 g/mol. The molecule has 29 heavy (non-hydrogen) atoms. The van der Waals surface area contributed by atoms with Crippen LogP contribution >= 0.6 is 0 Å². The molecule has 2 heterocycles. The lowest BCUT2D eigenvalue weighted by Crippen LogP contribution is -2.36. The fourth-order valence-corrected chi connectivity index (χ4v) is 4.25. The highest BCUT2D eigenvalue weighted by Gasteiger charge is 2.18. The number of fused-ring (bicyclic) bond motifs is 2. The van der Waals surface area contributed by atoms with E-state index in [1.165, 1.54) is 16.3 Å². The molecule has 1 fully saturated rings. The maximum absolute atomic E-state index is 5.71. The van der Waals surface area contributed by atoms with Crippen LogP contribution in [0.25, 0.3) is 21.8 Å². The zero-order valence-electron chi connectivity index (χ0n) is 16.9. The van der Waals surface area contributed by atoms with E-state index in [9.17, 15) is 0 Å². The van der Waals surface area contributed by atoms with Gasteiger partial charge < -0.3 is 18.9 Å². The van der Waals surface area contributed by atoms with E-state index in [2.05, 4.69) is 71.0 Å². The van der Waals surface area contributed by atoms with Gasteiger partial charge >= 0.3 is 0 Å². The van der Waals surface area contributed by atoms with Gasteiger partial charge in [0.1, 0.15) is 17.1 Å². The third kappa shape index (κ3) is 3.21. The molecule has 0 saturated carbocycles. The maximum Gasteiger partial charge on any atom is 0.148 e. The van der Waals surface area contributed by atoms with Crippen molar-refractivity contribution in [3.8, 4) is 5.75 Å². The Morgan fingerprint density at radius 1 is 1.03 bits per heavy atom. The number of hydrogen-bond acceptors (Lipinski definition) is 4. The van der Waals surface area contributed by atoms with E-state index >= 15 is 0 Å². The van der Waals surface area contributed by atoms with Gasteiger partial charge in [0.05, 0.1) is 25.8 Å². The molecule has 0 aliphatic carbocycles. The molecule has 0 atom stereocenters. The molecule has 1 aromatic heterocycles. The SMILES string of the molecule is COc1cc(N2CCOCC2)cc2c1nc(C)n2Cc1cccc2ccccc12. The van der Waals surface area contributed by atoms with E-state index < -0.39 is 0 Å². The number of hydrogen-bond donors (Lipinski definition) is 0. The van der Waals surface area contributed by atoms with Crippen LogP contribution in [0, 0.1) is 6.92 Å². The predicted octanol–water partition coefficient (Wildman–Crippen LogP) is 4.39. The third-order valence-electron chi connectivity index (χ3n) is 5.80. The molecule has 0 amide bonds. The standard InChI is InChI=1S/C24H25N3O2/c1-17-25-24-22(14-20(15-23(24)28-2)26-10-12-29-13-11-26)27(17)16-19-8-5-7-18-6-3-4-9-21(18)19/h3-9,14-15H,10-13,16H2,1-2H3. The van der Waals surface area contributed by atoms with Crippen LogP contribution in [0.3, 0.4) is 0 Å². The van der Waals surface area contributed by atoms with Crippen molar-refractivity contribution in [1.29, 1.82) is 0 Å². The van der Waals surface area contributed by atoms with Crippen molar-refractivity contribution in [3.63, 3.8) is 0 Å². The number of ether oxygens (including phenoxy) is 2. The molecule has 0 spiro atoms. The summed E-state index contributed by atoms with van der Waals surface area (Å²) >= 11 is 0. The Morgan fingerprint density at radius 2 is 1.83 bits per heavy atom. The highest BCUT2D eigenvalue weighted by Crippen LogP contribution is 2.33. The molecule has 0 bridgehead atoms. The van der Waals surface area contributed by atoms with Gasteiger partial charge in [-0.05, 0) is 29.3 Å². The molecule has 5 heteroatoms. The molecule has 1 aliphatic heterocycles. The summed E-state index contributed by atoms with van der Waals surface area (Å²) in [6.45, 7) is 6.15. The van der Waals surface area contributed by atoms with Crippen molar-refractivity contribution < 1.29 is 9.47 Å². The van der Waals surface area contributed by atoms with E-state index in [-0.39, 0.29) is 0 Å². The summed E-state index contributed by atoms with van der Waals surface area (Å²) in [5, 5.41) is 2.55. The number of anilines is 1. The summed E-state index contributed by atoms with van der Waals surface area (Å²) < 4.78 is 13.5. The smallest absolute Gasteiger partial charge is 0.148 e. The Hall–Kier alpha value is -3.05. The van der Waals surface area contributed by atoms with Crippen molar-refractivity contribution in [2.45, 2.75) is 13.5 Å². The molecule has 5 nitrogen and oxygen atoms in total. The number of nitrogens with zero attached hydrogens (tertiary/aromatic N) is 3. The predicted molar refractivity (Wildman–Crippen MR) is 117 cm³/mol. The number of benzene rings is 3. The Labute approximate surface area is 170 Å². The minimum atomic E-state index is 0.759. The minimum absolute atomic E-state index is 0.759. The van der Waals surface area contributed by atoms with E-state index in [4.69, 9.17) is 14.5 Å². The number of methoxy groups -OCH3 is 1. The number of aromatic nitrogens is 2. The summed E-state index contributed by atoms with van der Waals surface area (Å²) in [4.78, 5) is 7.20. The molecular formula is C24H25N3O2. The van der Waals surface area contributed by atoms with Crippen LogP contribution in [0.2, 0.25) is 0 Å². The molecule has 1 saturated heterocycles. The Balaban J connectivity index is 1.64. The number of rotatable bonds is 4. The minimum Gasteiger partial charge on any atom is -0.494 e. The lowest BCUT2D eigenvalue weighted by molar-refractivity contribution is 0.122. The van der Waals surface area contributed by atoms with E-state index in [0.29, 0.717) is 0 Å². The van der Waals surface area contributed by atoms with Crippen molar-refractivity contribution in [3.05, 3.63) is 66.0 Å². The van der Waals surface area contributed by atoms with Crippen LogP contribution in [0.15, 0.2) is 54.6 Å². The van der Waals surface area contributed by atoms with E-state index in [1.807, 2.05) is 0 Å². The topological polar surface area (TPSA) is 39.5 Å². The lowest BCUT2D eigenvalue weighted by atomic mass is 10.0. The first kappa shape index (κ1) is 18.0. The third-order valence-corrected chi connectivity index (χ3v) is 5.80. The molecule has 3 aromatic carbocycles. The van der Waals surface area contributed by atoms with Crippen molar-refractivity contribution in [2.24, 2.45) is 0 Å². The van der Waals surface area contributed by atoms with Crippen molar-refractivity contribution in [1.82, 2.24) is 9.55 Å². The molecule has 0 unspecified atom stereocenters. The van der Waals surface area contributed by atoms with Crippen LogP contribution in [-0.2, 0) is 11.3 Å². The molecule has 1 aliphatic rings. The van der Waals surface area contributed by atoms with Crippen molar-refractivity contribution in [2.75, 3.05) is 38.3 Å². The van der Waals surface area contributed by atoms with E-state index in [0.717, 1.165) is 61.1 Å². The van der Waals surface area contributed by atoms with Crippen molar-refractivity contribution >= 4 is 27.5 Å². The molecular weight excluding hydrogens is 362 g/mol. The summed E-state index contributed by atoms with van der Waals surface area (Å²) in [6.07, 6.45) is 0. The second-order valence-corrected chi connectivity index (χ2v) is 7.50. The molecule has 5 rings (SSSR count). The summed E-state index contributed by atoms with van der Waals surface area (Å²) in [5.41, 5.74) is 4.48. The summed E-state index contributed by atoms with van der Waals surface area (Å²) in [7, 11) is 1.72.